The smallest absolute Gasteiger partial charge is 0.141 e. The number of rotatable bonds is 6. The molecule has 2 aromatic rings. The molecule has 1 fully saturated rings. The standard InChI is InChI=1S/C31H34N2O/c1-21-14-16-32-22(2)30(21)20-28(34)18-23-7-3-9-25(17-23)26-10-4-11-27(19-26)31-29-13-5-8-24(29)12-6-15-33-31/h3,5-7,9,13-17,26-27H,4,8,10-12,18-20H2,1-2H3. The van der Waals surface area contributed by atoms with Crippen LogP contribution in [-0.2, 0) is 17.6 Å². The van der Waals surface area contributed by atoms with Crippen molar-refractivity contribution < 1.29 is 4.79 Å². The van der Waals surface area contributed by atoms with Crippen LogP contribution in [0.4, 0.5) is 0 Å². The second-order valence-corrected chi connectivity index (χ2v) is 10.1. The molecule has 34 heavy (non-hydrogen) atoms. The summed E-state index contributed by atoms with van der Waals surface area (Å²) in [5.74, 6) is 1.29. The zero-order chi connectivity index (χ0) is 23.5. The molecule has 3 nitrogen and oxygen atoms in total. The summed E-state index contributed by atoms with van der Waals surface area (Å²) < 4.78 is 0. The van der Waals surface area contributed by atoms with Crippen molar-refractivity contribution in [3.05, 3.63) is 100 Å². The molecule has 2 unspecified atom stereocenters. The Balaban J connectivity index is 1.29. The first-order valence-corrected chi connectivity index (χ1v) is 12.7. The number of benzene rings is 1. The molecule has 0 radical (unpaired) electrons. The van der Waals surface area contributed by atoms with Gasteiger partial charge in [-0.05, 0) is 85.8 Å². The number of ketones is 1. The highest BCUT2D eigenvalue weighted by Crippen LogP contribution is 2.40. The number of carbonyl (C=O) groups is 1. The van der Waals surface area contributed by atoms with Crippen LogP contribution in [0, 0.1) is 19.8 Å². The Hall–Kier alpha value is -3.07. The molecule has 0 spiro atoms. The molecule has 3 aliphatic rings. The Bertz CT molecular complexity index is 1190. The first kappa shape index (κ1) is 22.7. The summed E-state index contributed by atoms with van der Waals surface area (Å²) in [6.07, 6.45) is 18.5. The summed E-state index contributed by atoms with van der Waals surface area (Å²) in [4.78, 5) is 22.2. The summed E-state index contributed by atoms with van der Waals surface area (Å²) in [6, 6.07) is 10.8. The molecule has 1 aromatic carbocycles. The van der Waals surface area contributed by atoms with Crippen LogP contribution in [0.15, 0.2) is 77.1 Å². The third-order valence-corrected chi connectivity index (χ3v) is 7.75. The molecule has 0 bridgehead atoms. The van der Waals surface area contributed by atoms with Crippen LogP contribution in [0.3, 0.4) is 0 Å². The van der Waals surface area contributed by atoms with Crippen LogP contribution < -0.4 is 0 Å². The number of hydrogen-bond acceptors (Lipinski definition) is 3. The van der Waals surface area contributed by atoms with Gasteiger partial charge >= 0.3 is 0 Å². The molecular formula is C31H34N2O. The number of nitrogens with zero attached hydrogens (tertiary/aromatic N) is 2. The van der Waals surface area contributed by atoms with Gasteiger partial charge in [0.25, 0.3) is 0 Å². The maximum Gasteiger partial charge on any atom is 0.141 e. The third kappa shape index (κ3) is 4.89. The summed E-state index contributed by atoms with van der Waals surface area (Å²) in [6.45, 7) is 4.05. The van der Waals surface area contributed by atoms with Crippen LogP contribution in [0.5, 0.6) is 0 Å². The Labute approximate surface area is 203 Å². The second-order valence-electron chi connectivity index (χ2n) is 10.1. The molecular weight excluding hydrogens is 416 g/mol. The lowest BCUT2D eigenvalue weighted by molar-refractivity contribution is -0.117. The van der Waals surface area contributed by atoms with E-state index in [0.717, 1.165) is 41.6 Å². The molecule has 174 valence electrons. The van der Waals surface area contributed by atoms with E-state index >= 15 is 0 Å². The van der Waals surface area contributed by atoms with E-state index in [0.29, 0.717) is 24.7 Å². The average Bonchev–Trinajstić information content (AvgIpc) is 3.21. The number of Topliss-reactive ketones (excluding diaryl/α,β-unsaturated/α-hetero) is 1. The lowest BCUT2D eigenvalue weighted by Crippen LogP contribution is -2.23. The average molecular weight is 451 g/mol. The van der Waals surface area contributed by atoms with Gasteiger partial charge in [-0.2, -0.15) is 0 Å². The van der Waals surface area contributed by atoms with Crippen LogP contribution in [-0.4, -0.2) is 16.5 Å². The van der Waals surface area contributed by atoms with E-state index in [4.69, 9.17) is 4.99 Å². The molecule has 5 rings (SSSR count). The first-order chi connectivity index (χ1) is 16.6. The van der Waals surface area contributed by atoms with E-state index < -0.39 is 0 Å². The van der Waals surface area contributed by atoms with E-state index in [1.807, 2.05) is 25.4 Å². The van der Waals surface area contributed by atoms with Gasteiger partial charge < -0.3 is 0 Å². The number of aliphatic imine (C=N–C) groups is 1. The second kappa shape index (κ2) is 10.0. The fraction of sp³-hybridized carbons (Fsp3) is 0.387. The molecule has 2 atom stereocenters. The van der Waals surface area contributed by atoms with Gasteiger partial charge in [0.15, 0.2) is 0 Å². The summed E-state index contributed by atoms with van der Waals surface area (Å²) in [7, 11) is 0. The number of pyridine rings is 1. The zero-order valence-electron chi connectivity index (χ0n) is 20.4. The molecule has 1 saturated carbocycles. The van der Waals surface area contributed by atoms with Gasteiger partial charge in [0.1, 0.15) is 5.78 Å². The van der Waals surface area contributed by atoms with E-state index in [-0.39, 0.29) is 5.78 Å². The maximum absolute atomic E-state index is 12.9. The quantitative estimate of drug-likeness (QED) is 0.478. The number of aryl methyl sites for hydroxylation is 2. The van der Waals surface area contributed by atoms with Gasteiger partial charge in [0.2, 0.25) is 0 Å². The zero-order valence-corrected chi connectivity index (χ0v) is 20.4. The fourth-order valence-electron chi connectivity index (χ4n) is 5.91. The third-order valence-electron chi connectivity index (χ3n) is 7.75. The van der Waals surface area contributed by atoms with E-state index in [9.17, 15) is 4.79 Å². The predicted molar refractivity (Wildman–Crippen MR) is 139 cm³/mol. The van der Waals surface area contributed by atoms with Crippen molar-refractivity contribution in [2.75, 3.05) is 0 Å². The minimum Gasteiger partial charge on any atom is -0.299 e. The predicted octanol–water partition coefficient (Wildman–Crippen LogP) is 6.94. The highest BCUT2D eigenvalue weighted by molar-refractivity contribution is 6.06. The highest BCUT2D eigenvalue weighted by atomic mass is 16.1. The highest BCUT2D eigenvalue weighted by Gasteiger charge is 2.30. The number of aromatic nitrogens is 1. The Kier molecular flexibility index (Phi) is 6.71. The van der Waals surface area contributed by atoms with Crippen LogP contribution in [0.1, 0.15) is 72.4 Å². The number of carbonyl (C=O) groups excluding carboxylic acids is 1. The first-order valence-electron chi connectivity index (χ1n) is 12.7. The van der Waals surface area contributed by atoms with Gasteiger partial charge in [-0.15, -0.1) is 0 Å². The summed E-state index contributed by atoms with van der Waals surface area (Å²) >= 11 is 0. The lowest BCUT2D eigenvalue weighted by Gasteiger charge is -2.31. The molecule has 3 heteroatoms. The van der Waals surface area contributed by atoms with Crippen molar-refractivity contribution >= 4 is 11.5 Å². The maximum atomic E-state index is 12.9. The van der Waals surface area contributed by atoms with Crippen molar-refractivity contribution in [1.29, 1.82) is 0 Å². The summed E-state index contributed by atoms with van der Waals surface area (Å²) in [5.41, 5.74) is 9.91. The van der Waals surface area contributed by atoms with Gasteiger partial charge in [0, 0.05) is 36.9 Å². The number of hydrogen-bond donors (Lipinski definition) is 0. The van der Waals surface area contributed by atoms with Crippen molar-refractivity contribution in [2.24, 2.45) is 10.9 Å². The normalized spacial score (nSPS) is 21.9. The summed E-state index contributed by atoms with van der Waals surface area (Å²) in [5, 5.41) is 0. The lowest BCUT2D eigenvalue weighted by atomic mass is 9.74. The van der Waals surface area contributed by atoms with Crippen molar-refractivity contribution in [3.63, 3.8) is 0 Å². The Morgan fingerprint density at radius 1 is 1.03 bits per heavy atom. The van der Waals surface area contributed by atoms with E-state index in [2.05, 4.69) is 54.4 Å². The minimum absolute atomic E-state index is 0.255. The Morgan fingerprint density at radius 2 is 1.88 bits per heavy atom. The Morgan fingerprint density at radius 3 is 2.76 bits per heavy atom. The minimum atomic E-state index is 0.255. The van der Waals surface area contributed by atoms with Crippen molar-refractivity contribution in [1.82, 2.24) is 4.98 Å². The van der Waals surface area contributed by atoms with Crippen LogP contribution in [0.2, 0.25) is 0 Å². The largest absolute Gasteiger partial charge is 0.299 e. The van der Waals surface area contributed by atoms with Crippen molar-refractivity contribution in [2.45, 2.75) is 71.1 Å². The van der Waals surface area contributed by atoms with Crippen LogP contribution in [0.25, 0.3) is 0 Å². The van der Waals surface area contributed by atoms with Gasteiger partial charge in [0.05, 0.1) is 5.71 Å². The molecule has 0 saturated heterocycles. The topological polar surface area (TPSA) is 42.3 Å². The van der Waals surface area contributed by atoms with Gasteiger partial charge in [-0.1, -0.05) is 54.5 Å². The SMILES string of the molecule is Cc1ccnc(C)c1CC(=O)Cc1cccc(C2CCCC(C3=NC=CCC4=C3C=CC4)C2)c1. The molecule has 0 N–H and O–H groups in total. The van der Waals surface area contributed by atoms with Gasteiger partial charge in [-0.3, -0.25) is 14.8 Å². The van der Waals surface area contributed by atoms with Gasteiger partial charge in [-0.25, -0.2) is 0 Å². The molecule has 1 aromatic heterocycles. The molecule has 2 heterocycles. The molecule has 1 aliphatic heterocycles. The number of allylic oxidation sites excluding steroid dienone is 5. The van der Waals surface area contributed by atoms with E-state index in [1.165, 1.54) is 41.7 Å². The molecule has 0 amide bonds. The van der Waals surface area contributed by atoms with E-state index in [1.54, 1.807) is 0 Å². The van der Waals surface area contributed by atoms with Crippen molar-refractivity contribution in [3.8, 4) is 0 Å². The molecule has 2 aliphatic carbocycles. The fourth-order valence-corrected chi connectivity index (χ4v) is 5.91. The monoisotopic (exact) mass is 450 g/mol. The van der Waals surface area contributed by atoms with Crippen LogP contribution >= 0.6 is 0 Å².